The lowest BCUT2D eigenvalue weighted by atomic mass is 10.1. The van der Waals surface area contributed by atoms with Crippen molar-refractivity contribution in [2.24, 2.45) is 4.99 Å². The van der Waals surface area contributed by atoms with Gasteiger partial charge in [0.25, 0.3) is 0 Å². The Labute approximate surface area is 170 Å². The number of hydrogen-bond donors (Lipinski definition) is 1. The molecule has 1 N–H and O–H groups in total. The van der Waals surface area contributed by atoms with E-state index in [0.717, 1.165) is 32.1 Å². The molecule has 2 rings (SSSR count). The van der Waals surface area contributed by atoms with Crippen LogP contribution in [0, 0.1) is 0 Å². The fourth-order valence-electron chi connectivity index (χ4n) is 3.46. The van der Waals surface area contributed by atoms with Crippen molar-refractivity contribution < 1.29 is 8.42 Å². The van der Waals surface area contributed by atoms with Gasteiger partial charge < -0.3 is 10.2 Å². The Hall–Kier alpha value is -1.60. The largest absolute Gasteiger partial charge is 0.357 e. The van der Waals surface area contributed by atoms with Crippen LogP contribution in [-0.4, -0.2) is 67.4 Å². The first-order chi connectivity index (χ1) is 13.2. The van der Waals surface area contributed by atoms with Crippen LogP contribution in [0.5, 0.6) is 0 Å². The molecular formula is C21H36N4O2S. The Kier molecular flexibility index (Phi) is 7.89. The number of nitrogens with zero attached hydrogens (tertiary/aromatic N) is 3. The van der Waals surface area contributed by atoms with E-state index < -0.39 is 14.6 Å². The van der Waals surface area contributed by atoms with E-state index in [9.17, 15) is 8.42 Å². The van der Waals surface area contributed by atoms with Gasteiger partial charge in [-0.15, -0.1) is 0 Å². The SMILES string of the molecule is CCNC(=NCc1ccccc1CN(CC)CC)N1CCS(=O)(=O)C(C)(C)C1. The second-order valence-electron chi connectivity index (χ2n) is 7.90. The van der Waals surface area contributed by atoms with E-state index in [0.29, 0.717) is 19.6 Å². The monoisotopic (exact) mass is 408 g/mol. The van der Waals surface area contributed by atoms with Crippen LogP contribution < -0.4 is 5.32 Å². The van der Waals surface area contributed by atoms with Crippen molar-refractivity contribution in [3.8, 4) is 0 Å². The number of guanidine groups is 1. The lowest BCUT2D eigenvalue weighted by Crippen LogP contribution is -2.57. The van der Waals surface area contributed by atoms with Gasteiger partial charge in [0.15, 0.2) is 15.8 Å². The summed E-state index contributed by atoms with van der Waals surface area (Å²) < 4.78 is 23.9. The van der Waals surface area contributed by atoms with Crippen LogP contribution in [0.3, 0.4) is 0 Å². The van der Waals surface area contributed by atoms with E-state index in [1.807, 2.05) is 6.92 Å². The predicted molar refractivity (Wildman–Crippen MR) is 117 cm³/mol. The van der Waals surface area contributed by atoms with Crippen LogP contribution in [0.4, 0.5) is 0 Å². The molecule has 0 aliphatic carbocycles. The van der Waals surface area contributed by atoms with E-state index in [1.54, 1.807) is 13.8 Å². The zero-order valence-corrected chi connectivity index (χ0v) is 18.8. The number of nitrogens with one attached hydrogen (secondary N) is 1. The highest BCUT2D eigenvalue weighted by molar-refractivity contribution is 7.92. The Morgan fingerprint density at radius 1 is 1.18 bits per heavy atom. The van der Waals surface area contributed by atoms with E-state index in [2.05, 4.69) is 53.2 Å². The van der Waals surface area contributed by atoms with E-state index >= 15 is 0 Å². The van der Waals surface area contributed by atoms with Gasteiger partial charge in [0, 0.05) is 26.2 Å². The Balaban J connectivity index is 2.20. The molecule has 0 aromatic heterocycles. The second-order valence-corrected chi connectivity index (χ2v) is 10.6. The molecule has 6 nitrogen and oxygen atoms in total. The van der Waals surface area contributed by atoms with Gasteiger partial charge in [-0.2, -0.15) is 0 Å². The highest BCUT2D eigenvalue weighted by Gasteiger charge is 2.40. The molecule has 1 fully saturated rings. The number of sulfone groups is 1. The first kappa shape index (κ1) is 22.7. The Morgan fingerprint density at radius 3 is 2.39 bits per heavy atom. The molecule has 7 heteroatoms. The fraction of sp³-hybridized carbons (Fsp3) is 0.667. The molecule has 0 saturated carbocycles. The molecule has 1 aliphatic rings. The van der Waals surface area contributed by atoms with Crippen molar-refractivity contribution in [2.45, 2.75) is 52.5 Å². The molecule has 1 saturated heterocycles. The lowest BCUT2D eigenvalue weighted by molar-refractivity contribution is 0.295. The Bertz CT molecular complexity index is 770. The fourth-order valence-corrected chi connectivity index (χ4v) is 4.83. The number of rotatable bonds is 7. The molecule has 158 valence electrons. The molecule has 0 unspecified atom stereocenters. The molecular weight excluding hydrogens is 372 g/mol. The maximum Gasteiger partial charge on any atom is 0.194 e. The van der Waals surface area contributed by atoms with Crippen molar-refractivity contribution in [1.29, 1.82) is 0 Å². The van der Waals surface area contributed by atoms with Crippen LogP contribution in [0.25, 0.3) is 0 Å². The second kappa shape index (κ2) is 9.74. The Morgan fingerprint density at radius 2 is 1.82 bits per heavy atom. The molecule has 0 atom stereocenters. The third-order valence-corrected chi connectivity index (χ3v) is 8.02. The summed E-state index contributed by atoms with van der Waals surface area (Å²) in [7, 11) is -3.07. The van der Waals surface area contributed by atoms with Gasteiger partial charge in [-0.05, 0) is 45.0 Å². The zero-order valence-electron chi connectivity index (χ0n) is 18.0. The average Bonchev–Trinajstić information content (AvgIpc) is 2.66. The first-order valence-electron chi connectivity index (χ1n) is 10.3. The zero-order chi connectivity index (χ0) is 20.8. The number of benzene rings is 1. The van der Waals surface area contributed by atoms with Crippen molar-refractivity contribution in [3.63, 3.8) is 0 Å². The van der Waals surface area contributed by atoms with Crippen LogP contribution >= 0.6 is 0 Å². The summed E-state index contributed by atoms with van der Waals surface area (Å²) >= 11 is 0. The van der Waals surface area contributed by atoms with Gasteiger partial charge in [0.1, 0.15) is 0 Å². The molecule has 0 amide bonds. The van der Waals surface area contributed by atoms with Crippen molar-refractivity contribution in [1.82, 2.24) is 15.1 Å². The summed E-state index contributed by atoms with van der Waals surface area (Å²) in [5, 5.41) is 3.34. The van der Waals surface area contributed by atoms with Gasteiger partial charge in [-0.25, -0.2) is 13.4 Å². The maximum absolute atomic E-state index is 12.3. The van der Waals surface area contributed by atoms with E-state index in [1.165, 1.54) is 11.1 Å². The van der Waals surface area contributed by atoms with Gasteiger partial charge in [0.05, 0.1) is 17.0 Å². The molecule has 0 bridgehead atoms. The summed E-state index contributed by atoms with van der Waals surface area (Å²) in [6.45, 7) is 15.3. The quantitative estimate of drug-likeness (QED) is 0.555. The minimum atomic E-state index is -3.07. The van der Waals surface area contributed by atoms with E-state index in [-0.39, 0.29) is 5.75 Å². The van der Waals surface area contributed by atoms with Gasteiger partial charge in [-0.1, -0.05) is 38.1 Å². The summed E-state index contributed by atoms with van der Waals surface area (Å²) in [6, 6.07) is 8.44. The molecule has 28 heavy (non-hydrogen) atoms. The van der Waals surface area contributed by atoms with Crippen LogP contribution in [0.15, 0.2) is 29.3 Å². The van der Waals surface area contributed by atoms with Crippen molar-refractivity contribution in [3.05, 3.63) is 35.4 Å². The molecule has 1 aliphatic heterocycles. The maximum atomic E-state index is 12.3. The van der Waals surface area contributed by atoms with Crippen LogP contribution in [-0.2, 0) is 22.9 Å². The summed E-state index contributed by atoms with van der Waals surface area (Å²) in [5.41, 5.74) is 2.51. The topological polar surface area (TPSA) is 65.0 Å². The lowest BCUT2D eigenvalue weighted by Gasteiger charge is -2.39. The van der Waals surface area contributed by atoms with Crippen LogP contribution in [0.2, 0.25) is 0 Å². The van der Waals surface area contributed by atoms with Gasteiger partial charge >= 0.3 is 0 Å². The minimum absolute atomic E-state index is 0.170. The molecule has 1 aromatic rings. The number of hydrogen-bond acceptors (Lipinski definition) is 4. The van der Waals surface area contributed by atoms with E-state index in [4.69, 9.17) is 4.99 Å². The molecule has 0 radical (unpaired) electrons. The summed E-state index contributed by atoms with van der Waals surface area (Å²) in [5.74, 6) is 0.964. The molecule has 1 heterocycles. The minimum Gasteiger partial charge on any atom is -0.357 e. The highest BCUT2D eigenvalue weighted by Crippen LogP contribution is 2.24. The smallest absolute Gasteiger partial charge is 0.194 e. The van der Waals surface area contributed by atoms with Gasteiger partial charge in [-0.3, -0.25) is 4.90 Å². The normalized spacial score (nSPS) is 19.1. The summed E-state index contributed by atoms with van der Waals surface area (Å²) in [6.07, 6.45) is 0. The average molecular weight is 409 g/mol. The van der Waals surface area contributed by atoms with Crippen molar-refractivity contribution >= 4 is 15.8 Å². The third-order valence-electron chi connectivity index (χ3n) is 5.48. The third kappa shape index (κ3) is 5.47. The molecule has 0 spiro atoms. The predicted octanol–water partition coefficient (Wildman–Crippen LogP) is 2.50. The first-order valence-corrected chi connectivity index (χ1v) is 11.9. The molecule has 1 aromatic carbocycles. The standard InChI is InChI=1S/C21H36N4O2S/c1-6-22-20(25-13-14-28(26,27)21(4,5)17-25)23-15-18-11-9-10-12-19(18)16-24(7-2)8-3/h9-12H,6-8,13-17H2,1-5H3,(H,22,23). The van der Waals surface area contributed by atoms with Crippen LogP contribution in [0.1, 0.15) is 45.7 Å². The van der Waals surface area contributed by atoms with Crippen molar-refractivity contribution in [2.75, 3.05) is 38.5 Å². The number of aliphatic imine (C=N–C) groups is 1. The highest BCUT2D eigenvalue weighted by atomic mass is 32.2. The van der Waals surface area contributed by atoms with Gasteiger partial charge in [0.2, 0.25) is 0 Å². The summed E-state index contributed by atoms with van der Waals surface area (Å²) in [4.78, 5) is 9.33.